The van der Waals surface area contributed by atoms with Gasteiger partial charge in [-0.3, -0.25) is 24.0 Å². The van der Waals surface area contributed by atoms with Crippen molar-refractivity contribution in [2.75, 3.05) is 19.7 Å². The van der Waals surface area contributed by atoms with Crippen LogP contribution in [0.15, 0.2) is 30.3 Å². The van der Waals surface area contributed by atoms with E-state index in [9.17, 15) is 32.7 Å². The molecule has 2 aliphatic heterocycles. The summed E-state index contributed by atoms with van der Waals surface area (Å²) in [4.78, 5) is 54.7. The van der Waals surface area contributed by atoms with Gasteiger partial charge in [-0.15, -0.1) is 0 Å². The number of piperazine rings is 1. The van der Waals surface area contributed by atoms with E-state index in [0.717, 1.165) is 9.80 Å². The van der Waals surface area contributed by atoms with Gasteiger partial charge in [0.05, 0.1) is 25.1 Å². The van der Waals surface area contributed by atoms with Crippen molar-refractivity contribution in [3.05, 3.63) is 35.9 Å². The summed E-state index contributed by atoms with van der Waals surface area (Å²) in [6, 6.07) is 6.76. The number of rotatable bonds is 8. The van der Waals surface area contributed by atoms with Gasteiger partial charge in [-0.2, -0.15) is 0 Å². The lowest BCUT2D eigenvalue weighted by atomic mass is 10.0. The third-order valence-corrected chi connectivity index (χ3v) is 6.51. The second-order valence-electron chi connectivity index (χ2n) is 7.09. The lowest BCUT2D eigenvalue weighted by molar-refractivity contribution is -0.222. The van der Waals surface area contributed by atoms with Crippen LogP contribution in [-0.4, -0.2) is 88.6 Å². The summed E-state index contributed by atoms with van der Waals surface area (Å²) in [7, 11) is -4.14. The summed E-state index contributed by atoms with van der Waals surface area (Å²) < 4.78 is 26.7. The summed E-state index contributed by atoms with van der Waals surface area (Å²) in [5.74, 6) is -4.48. The average Bonchev–Trinajstić information content (AvgIpc) is 2.68. The Bertz CT molecular complexity index is 982. The molecule has 0 aliphatic carbocycles. The maximum Gasteiger partial charge on any atom is 0.305 e. The fourth-order valence-corrected chi connectivity index (χ4v) is 5.09. The molecule has 2 fully saturated rings. The largest absolute Gasteiger partial charge is 0.481 e. The fraction of sp³-hybridized carbons (Fsp3) is 0.444. The number of carbonyl (C=O) groups is 4. The van der Waals surface area contributed by atoms with Gasteiger partial charge in [0.25, 0.3) is 5.91 Å². The van der Waals surface area contributed by atoms with E-state index >= 15 is 0 Å². The van der Waals surface area contributed by atoms with Crippen molar-refractivity contribution >= 4 is 33.8 Å². The number of hydrogen-bond acceptors (Lipinski definition) is 7. The number of aliphatic carboxylic acids is 2. The van der Waals surface area contributed by atoms with Gasteiger partial charge < -0.3 is 20.0 Å². The first-order chi connectivity index (χ1) is 14.6. The first kappa shape index (κ1) is 22.7. The fourth-order valence-electron chi connectivity index (χ4n) is 3.60. The standard InChI is InChI=1S/C18H21N3O9S/c22-15-10-30-21(31(28,29)11-12-4-2-1-3-5-12)14-9-19(7-6-16(23)24)18(27)13(20(14)15)8-17(25)26/h1-5,13-14H,6-11H2,(H,23,24)(H,25,26). The Labute approximate surface area is 177 Å². The molecule has 2 amide bonds. The van der Waals surface area contributed by atoms with Crippen LogP contribution in [0.2, 0.25) is 0 Å². The van der Waals surface area contributed by atoms with Gasteiger partial charge in [0.15, 0.2) is 0 Å². The number of carboxylic acids is 2. The molecular formula is C18H21N3O9S. The lowest BCUT2D eigenvalue weighted by Gasteiger charge is -2.50. The quantitative estimate of drug-likeness (QED) is 0.505. The van der Waals surface area contributed by atoms with Crippen molar-refractivity contribution in [2.45, 2.75) is 30.8 Å². The average molecular weight is 455 g/mol. The number of carboxylic acid groups (broad SMARTS) is 2. The molecule has 1 aromatic carbocycles. The van der Waals surface area contributed by atoms with Crippen LogP contribution in [0.5, 0.6) is 0 Å². The van der Waals surface area contributed by atoms with Crippen LogP contribution < -0.4 is 0 Å². The number of hydrogen-bond donors (Lipinski definition) is 2. The highest BCUT2D eigenvalue weighted by molar-refractivity contribution is 7.88. The van der Waals surface area contributed by atoms with Crippen molar-refractivity contribution in [2.24, 2.45) is 0 Å². The Morgan fingerprint density at radius 3 is 2.39 bits per heavy atom. The van der Waals surface area contributed by atoms with Crippen LogP contribution in [0.1, 0.15) is 18.4 Å². The van der Waals surface area contributed by atoms with Gasteiger partial charge >= 0.3 is 11.9 Å². The van der Waals surface area contributed by atoms with E-state index in [1.54, 1.807) is 30.3 Å². The first-order valence-corrected chi connectivity index (χ1v) is 10.9. The zero-order valence-electron chi connectivity index (χ0n) is 16.3. The molecule has 0 radical (unpaired) electrons. The van der Waals surface area contributed by atoms with E-state index < -0.39 is 71.2 Å². The maximum absolute atomic E-state index is 13.0. The molecule has 2 unspecified atom stereocenters. The SMILES string of the molecule is O=C(O)CCN1CC2N(C(=O)CON2S(=O)(=O)Cc2ccccc2)C(CC(=O)O)C1=O. The topological polar surface area (TPSA) is 162 Å². The van der Waals surface area contributed by atoms with Crippen LogP contribution in [0.25, 0.3) is 0 Å². The highest BCUT2D eigenvalue weighted by Gasteiger charge is 2.52. The molecule has 2 atom stereocenters. The summed E-state index contributed by atoms with van der Waals surface area (Å²) in [6.45, 7) is -1.29. The predicted molar refractivity (Wildman–Crippen MR) is 102 cm³/mol. The second kappa shape index (κ2) is 8.99. The Balaban J connectivity index is 1.94. The normalized spacial score (nSPS) is 22.3. The minimum absolute atomic E-state index is 0.268. The minimum atomic E-state index is -4.14. The van der Waals surface area contributed by atoms with Crippen LogP contribution in [0.3, 0.4) is 0 Å². The molecule has 13 heteroatoms. The predicted octanol–water partition coefficient (Wildman–Crippen LogP) is -0.921. The molecule has 3 rings (SSSR count). The molecule has 0 bridgehead atoms. The van der Waals surface area contributed by atoms with Crippen molar-refractivity contribution < 1.29 is 42.6 Å². The number of nitrogens with zero attached hydrogens (tertiary/aromatic N) is 3. The number of sulfonamides is 1. The van der Waals surface area contributed by atoms with Gasteiger partial charge in [0, 0.05) is 6.54 Å². The molecule has 0 spiro atoms. The third kappa shape index (κ3) is 5.00. The zero-order chi connectivity index (χ0) is 22.8. The van der Waals surface area contributed by atoms with E-state index in [4.69, 9.17) is 9.94 Å². The molecule has 31 heavy (non-hydrogen) atoms. The van der Waals surface area contributed by atoms with Crippen LogP contribution in [0.4, 0.5) is 0 Å². The Kier molecular flexibility index (Phi) is 6.57. The number of fused-ring (bicyclic) bond motifs is 1. The molecule has 1 aromatic rings. The monoisotopic (exact) mass is 455 g/mol. The van der Waals surface area contributed by atoms with Gasteiger partial charge in [-0.25, -0.2) is 8.42 Å². The Morgan fingerprint density at radius 1 is 1.10 bits per heavy atom. The molecule has 0 aromatic heterocycles. The third-order valence-electron chi connectivity index (χ3n) is 4.91. The van der Waals surface area contributed by atoms with Gasteiger partial charge in [0.1, 0.15) is 18.8 Å². The number of hydroxylamine groups is 1. The lowest BCUT2D eigenvalue weighted by Crippen LogP contribution is -2.72. The van der Waals surface area contributed by atoms with E-state index in [1.807, 2.05) is 0 Å². The number of amides is 2. The molecule has 2 aliphatic rings. The smallest absolute Gasteiger partial charge is 0.305 e. The summed E-state index contributed by atoms with van der Waals surface area (Å²) in [6.07, 6.45) is -2.49. The summed E-state index contributed by atoms with van der Waals surface area (Å²) in [5.41, 5.74) is 0.464. The van der Waals surface area contributed by atoms with Crippen molar-refractivity contribution in [3.8, 4) is 0 Å². The van der Waals surface area contributed by atoms with Crippen molar-refractivity contribution in [1.29, 1.82) is 0 Å². The van der Waals surface area contributed by atoms with E-state index in [2.05, 4.69) is 0 Å². The molecule has 0 saturated carbocycles. The van der Waals surface area contributed by atoms with Crippen molar-refractivity contribution in [1.82, 2.24) is 14.3 Å². The molecule has 2 saturated heterocycles. The Morgan fingerprint density at radius 2 is 1.77 bits per heavy atom. The van der Waals surface area contributed by atoms with E-state index in [0.29, 0.717) is 10.0 Å². The minimum Gasteiger partial charge on any atom is -0.481 e. The molecule has 168 valence electrons. The molecular weight excluding hydrogens is 434 g/mol. The number of carbonyl (C=O) groups excluding carboxylic acids is 2. The van der Waals surface area contributed by atoms with Gasteiger partial charge in [-0.05, 0) is 5.56 Å². The molecule has 12 nitrogen and oxygen atoms in total. The van der Waals surface area contributed by atoms with Crippen LogP contribution in [0, 0.1) is 0 Å². The molecule has 2 heterocycles. The summed E-state index contributed by atoms with van der Waals surface area (Å²) in [5, 5.41) is 18.2. The van der Waals surface area contributed by atoms with Crippen LogP contribution in [-0.2, 0) is 39.8 Å². The van der Waals surface area contributed by atoms with Gasteiger partial charge in [0.2, 0.25) is 15.9 Å². The zero-order valence-corrected chi connectivity index (χ0v) is 17.1. The highest BCUT2D eigenvalue weighted by Crippen LogP contribution is 2.29. The van der Waals surface area contributed by atoms with E-state index in [1.165, 1.54) is 0 Å². The first-order valence-electron chi connectivity index (χ1n) is 9.32. The van der Waals surface area contributed by atoms with E-state index in [-0.39, 0.29) is 13.1 Å². The van der Waals surface area contributed by atoms with Gasteiger partial charge in [-0.1, -0.05) is 34.8 Å². The molecule has 2 N–H and O–H groups in total. The van der Waals surface area contributed by atoms with Crippen molar-refractivity contribution in [3.63, 3.8) is 0 Å². The number of benzene rings is 1. The maximum atomic E-state index is 13.0. The van der Waals surface area contributed by atoms with Crippen LogP contribution >= 0.6 is 0 Å². The summed E-state index contributed by atoms with van der Waals surface area (Å²) >= 11 is 0. The Hall–Kier alpha value is -3.03. The second-order valence-corrected chi connectivity index (χ2v) is 8.91. The highest BCUT2D eigenvalue weighted by atomic mass is 32.2.